The van der Waals surface area contributed by atoms with Gasteiger partial charge >= 0.3 is 0 Å². The fourth-order valence-corrected chi connectivity index (χ4v) is 2.43. The Morgan fingerprint density at radius 1 is 1.05 bits per heavy atom. The predicted octanol–water partition coefficient (Wildman–Crippen LogP) is 3.37. The number of amides is 2. The van der Waals surface area contributed by atoms with Crippen LogP contribution in [0.2, 0.25) is 0 Å². The third-order valence-corrected chi connectivity index (χ3v) is 3.51. The van der Waals surface area contributed by atoms with Crippen molar-refractivity contribution >= 4 is 23.2 Å². The van der Waals surface area contributed by atoms with Gasteiger partial charge < -0.3 is 10.6 Å². The Morgan fingerprint density at radius 3 is 2.23 bits per heavy atom. The standard InChI is InChI=1S/C17H19N3O2/c18-11-10-16(21)19-14-6-8-15(9-7-14)20-17(22)12-13-4-2-1-3-5-13/h6-9,12H,1-5,10H2,(H,19,21)(H,20,22). The van der Waals surface area contributed by atoms with E-state index in [1.807, 2.05) is 0 Å². The van der Waals surface area contributed by atoms with Gasteiger partial charge in [0.25, 0.3) is 0 Å². The monoisotopic (exact) mass is 297 g/mol. The van der Waals surface area contributed by atoms with Gasteiger partial charge in [0.1, 0.15) is 6.42 Å². The summed E-state index contributed by atoms with van der Waals surface area (Å²) in [5.41, 5.74) is 2.49. The van der Waals surface area contributed by atoms with Crippen LogP contribution < -0.4 is 10.6 Å². The molecule has 0 radical (unpaired) electrons. The van der Waals surface area contributed by atoms with Crippen LogP contribution in [0.3, 0.4) is 0 Å². The number of rotatable bonds is 4. The lowest BCUT2D eigenvalue weighted by Gasteiger charge is -2.13. The van der Waals surface area contributed by atoms with Gasteiger partial charge in [-0.25, -0.2) is 0 Å². The van der Waals surface area contributed by atoms with Crippen molar-refractivity contribution in [2.75, 3.05) is 10.6 Å². The van der Waals surface area contributed by atoms with Gasteiger partial charge in [-0.3, -0.25) is 9.59 Å². The molecule has 5 nitrogen and oxygen atoms in total. The smallest absolute Gasteiger partial charge is 0.248 e. The molecule has 114 valence electrons. The molecule has 0 atom stereocenters. The van der Waals surface area contributed by atoms with E-state index in [0.717, 1.165) is 25.7 Å². The van der Waals surface area contributed by atoms with E-state index in [0.29, 0.717) is 11.4 Å². The Labute approximate surface area is 130 Å². The molecule has 1 fully saturated rings. The highest BCUT2D eigenvalue weighted by molar-refractivity contribution is 6.00. The minimum Gasteiger partial charge on any atom is -0.325 e. The Balaban J connectivity index is 1.89. The van der Waals surface area contributed by atoms with Crippen molar-refractivity contribution in [3.63, 3.8) is 0 Å². The highest BCUT2D eigenvalue weighted by atomic mass is 16.2. The molecule has 1 aliphatic rings. The highest BCUT2D eigenvalue weighted by Gasteiger charge is 2.08. The molecule has 0 heterocycles. The minimum atomic E-state index is -0.346. The molecule has 2 N–H and O–H groups in total. The van der Waals surface area contributed by atoms with E-state index < -0.39 is 0 Å². The van der Waals surface area contributed by atoms with Gasteiger partial charge in [-0.05, 0) is 49.9 Å². The van der Waals surface area contributed by atoms with E-state index in [9.17, 15) is 9.59 Å². The van der Waals surface area contributed by atoms with Gasteiger partial charge in [-0.15, -0.1) is 0 Å². The minimum absolute atomic E-state index is 0.113. The average Bonchev–Trinajstić information content (AvgIpc) is 2.50. The highest BCUT2D eigenvalue weighted by Crippen LogP contribution is 2.22. The van der Waals surface area contributed by atoms with Gasteiger partial charge in [-0.2, -0.15) is 5.26 Å². The van der Waals surface area contributed by atoms with Gasteiger partial charge in [0.05, 0.1) is 6.07 Å². The number of nitrogens with zero attached hydrogens (tertiary/aromatic N) is 1. The number of anilines is 2. The van der Waals surface area contributed by atoms with Crippen LogP contribution in [0.15, 0.2) is 35.9 Å². The third kappa shape index (κ3) is 5.06. The van der Waals surface area contributed by atoms with E-state index in [-0.39, 0.29) is 18.2 Å². The zero-order valence-corrected chi connectivity index (χ0v) is 12.4. The van der Waals surface area contributed by atoms with E-state index in [2.05, 4.69) is 10.6 Å². The summed E-state index contributed by atoms with van der Waals surface area (Å²) < 4.78 is 0. The molecule has 0 spiro atoms. The second kappa shape index (κ2) is 7.99. The largest absolute Gasteiger partial charge is 0.325 e. The fraction of sp³-hybridized carbons (Fsp3) is 0.353. The summed E-state index contributed by atoms with van der Waals surface area (Å²) >= 11 is 0. The number of hydrogen-bond acceptors (Lipinski definition) is 3. The summed E-state index contributed by atoms with van der Waals surface area (Å²) in [5, 5.41) is 13.8. The summed E-state index contributed by atoms with van der Waals surface area (Å²) in [6.45, 7) is 0. The molecule has 5 heteroatoms. The van der Waals surface area contributed by atoms with Gasteiger partial charge in [0.2, 0.25) is 11.8 Å². The van der Waals surface area contributed by atoms with E-state index in [4.69, 9.17) is 5.26 Å². The zero-order valence-electron chi connectivity index (χ0n) is 12.4. The lowest BCUT2D eigenvalue weighted by molar-refractivity contribution is -0.115. The lowest BCUT2D eigenvalue weighted by atomic mass is 9.94. The van der Waals surface area contributed by atoms with Crippen LogP contribution in [0.1, 0.15) is 38.5 Å². The van der Waals surface area contributed by atoms with Crippen LogP contribution in [0.4, 0.5) is 11.4 Å². The lowest BCUT2D eigenvalue weighted by Crippen LogP contribution is -2.11. The van der Waals surface area contributed by atoms with Crippen molar-refractivity contribution in [2.24, 2.45) is 0 Å². The quantitative estimate of drug-likeness (QED) is 0.836. The molecule has 0 saturated heterocycles. The average molecular weight is 297 g/mol. The van der Waals surface area contributed by atoms with E-state index in [1.54, 1.807) is 36.4 Å². The summed E-state index contributed by atoms with van der Waals surface area (Å²) in [4.78, 5) is 23.2. The maximum atomic E-state index is 11.9. The van der Waals surface area contributed by atoms with Crippen LogP contribution >= 0.6 is 0 Å². The molecule has 2 amide bonds. The van der Waals surface area contributed by atoms with Crippen molar-refractivity contribution < 1.29 is 9.59 Å². The maximum absolute atomic E-state index is 11.9. The zero-order chi connectivity index (χ0) is 15.8. The molecular formula is C17H19N3O2. The molecule has 1 saturated carbocycles. The normalized spacial score (nSPS) is 13.9. The number of allylic oxidation sites excluding steroid dienone is 1. The molecule has 2 rings (SSSR count). The Kier molecular flexibility index (Phi) is 5.73. The van der Waals surface area contributed by atoms with E-state index in [1.165, 1.54) is 12.0 Å². The fourth-order valence-electron chi connectivity index (χ4n) is 2.43. The second-order valence-electron chi connectivity index (χ2n) is 5.31. The molecule has 0 aliphatic heterocycles. The van der Waals surface area contributed by atoms with Crippen LogP contribution in [0.25, 0.3) is 0 Å². The van der Waals surface area contributed by atoms with Crippen LogP contribution in [-0.2, 0) is 9.59 Å². The Hall–Kier alpha value is -2.61. The van der Waals surface area contributed by atoms with Gasteiger partial charge in [0, 0.05) is 17.5 Å². The number of carbonyl (C=O) groups excluding carboxylic acids is 2. The third-order valence-electron chi connectivity index (χ3n) is 3.51. The maximum Gasteiger partial charge on any atom is 0.248 e. The van der Waals surface area contributed by atoms with Crippen molar-refractivity contribution in [1.29, 1.82) is 5.26 Å². The molecule has 0 bridgehead atoms. The number of carbonyl (C=O) groups is 2. The van der Waals surface area contributed by atoms with Crippen molar-refractivity contribution in [3.8, 4) is 6.07 Å². The molecule has 0 unspecified atom stereocenters. The number of benzene rings is 1. The molecule has 22 heavy (non-hydrogen) atoms. The van der Waals surface area contributed by atoms with Crippen LogP contribution in [0, 0.1) is 11.3 Å². The van der Waals surface area contributed by atoms with Gasteiger partial charge in [-0.1, -0.05) is 12.0 Å². The van der Waals surface area contributed by atoms with Gasteiger partial charge in [0.15, 0.2) is 0 Å². The second-order valence-corrected chi connectivity index (χ2v) is 5.31. The summed E-state index contributed by atoms with van der Waals surface area (Å²) in [6.07, 6.45) is 7.12. The molecular weight excluding hydrogens is 278 g/mol. The number of hydrogen-bond donors (Lipinski definition) is 2. The molecule has 1 aliphatic carbocycles. The first-order valence-corrected chi connectivity index (χ1v) is 7.44. The molecule has 1 aromatic carbocycles. The van der Waals surface area contributed by atoms with E-state index >= 15 is 0 Å². The first-order chi connectivity index (χ1) is 10.7. The first-order valence-electron chi connectivity index (χ1n) is 7.44. The summed E-state index contributed by atoms with van der Waals surface area (Å²) in [7, 11) is 0. The predicted molar refractivity (Wildman–Crippen MR) is 85.1 cm³/mol. The molecule has 0 aromatic heterocycles. The Morgan fingerprint density at radius 2 is 1.64 bits per heavy atom. The summed E-state index contributed by atoms with van der Waals surface area (Å²) in [6, 6.07) is 8.62. The van der Waals surface area contributed by atoms with Crippen molar-refractivity contribution in [2.45, 2.75) is 38.5 Å². The van der Waals surface area contributed by atoms with Crippen molar-refractivity contribution in [1.82, 2.24) is 0 Å². The number of nitriles is 1. The Bertz CT molecular complexity index is 604. The van der Waals surface area contributed by atoms with Crippen LogP contribution in [0.5, 0.6) is 0 Å². The molecule has 1 aromatic rings. The van der Waals surface area contributed by atoms with Crippen LogP contribution in [-0.4, -0.2) is 11.8 Å². The summed E-state index contributed by atoms with van der Waals surface area (Å²) in [5.74, 6) is -0.459. The SMILES string of the molecule is N#CCC(=O)Nc1ccc(NC(=O)C=C2CCCCC2)cc1. The van der Waals surface area contributed by atoms with Crippen molar-refractivity contribution in [3.05, 3.63) is 35.9 Å². The topological polar surface area (TPSA) is 82.0 Å². The first kappa shape index (κ1) is 15.8. The number of nitrogens with one attached hydrogen (secondary N) is 2.